The molecule has 0 unspecified atom stereocenters. The molecule has 72 valence electrons. The average molecular weight is 224 g/mol. The minimum atomic E-state index is -4.67. The van der Waals surface area contributed by atoms with Crippen LogP contribution in [-0.4, -0.2) is 45.5 Å². The zero-order valence-corrected chi connectivity index (χ0v) is 10.5. The van der Waals surface area contributed by atoms with Crippen LogP contribution >= 0.6 is 0 Å². The van der Waals surface area contributed by atoms with Crippen molar-refractivity contribution in [2.75, 3.05) is 0 Å². The molecule has 0 atom stereocenters. The summed E-state index contributed by atoms with van der Waals surface area (Å²) < 4.78 is 33.8. The molecule has 1 aromatic carbocycles. The van der Waals surface area contributed by atoms with Gasteiger partial charge in [-0.05, 0) is 0 Å². The monoisotopic (exact) mass is 224 g/mol. The van der Waals surface area contributed by atoms with E-state index in [1.165, 1.54) is 5.56 Å². The Morgan fingerprint density at radius 2 is 1.57 bits per heavy atom. The molecular weight excluding hydrogens is 215 g/mol. The number of hydrogen-bond donors (Lipinski definition) is 2. The SMILES string of the molecule is O=S(=O)(O)O.[Na][CH]=Cc1ccccc1. The zero-order chi connectivity index (χ0) is 11.0. The average Bonchev–Trinajstić information content (AvgIpc) is 2.03. The molecule has 0 radical (unpaired) electrons. The summed E-state index contributed by atoms with van der Waals surface area (Å²) in [5.74, 6) is 0. The molecule has 0 aliphatic carbocycles. The molecule has 2 N–H and O–H groups in total. The topological polar surface area (TPSA) is 74.6 Å². The standard InChI is InChI=1S/C8H7.Na.H2O4S/c1-2-8-6-4-3-5-7-8;;1-5(2,3)4/h1-7H;;(H2,1,2,3,4). The first-order valence-corrected chi connectivity index (χ1v) is 6.36. The van der Waals surface area contributed by atoms with E-state index in [9.17, 15) is 0 Å². The van der Waals surface area contributed by atoms with Crippen LogP contribution in [0.2, 0.25) is 0 Å². The fraction of sp³-hybridized carbons (Fsp3) is 0. The van der Waals surface area contributed by atoms with Crippen molar-refractivity contribution in [1.82, 2.24) is 0 Å². The van der Waals surface area contributed by atoms with Gasteiger partial charge in [0.1, 0.15) is 0 Å². The zero-order valence-electron chi connectivity index (χ0n) is 7.66. The van der Waals surface area contributed by atoms with E-state index in [1.54, 1.807) is 0 Å². The maximum atomic E-state index is 8.74. The summed E-state index contributed by atoms with van der Waals surface area (Å²) in [7, 11) is -4.67. The molecule has 0 aliphatic rings. The van der Waals surface area contributed by atoms with Gasteiger partial charge in [0.2, 0.25) is 0 Å². The van der Waals surface area contributed by atoms with Crippen molar-refractivity contribution in [2.24, 2.45) is 0 Å². The van der Waals surface area contributed by atoms with Crippen molar-refractivity contribution in [2.45, 2.75) is 0 Å². The van der Waals surface area contributed by atoms with Crippen LogP contribution in [0.5, 0.6) is 0 Å². The van der Waals surface area contributed by atoms with Crippen molar-refractivity contribution in [1.29, 1.82) is 0 Å². The predicted molar refractivity (Wildman–Crippen MR) is 55.4 cm³/mol. The van der Waals surface area contributed by atoms with Gasteiger partial charge in [0.15, 0.2) is 0 Å². The van der Waals surface area contributed by atoms with E-state index < -0.39 is 10.4 Å². The third-order valence-electron chi connectivity index (χ3n) is 1.16. The molecule has 6 heteroatoms. The summed E-state index contributed by atoms with van der Waals surface area (Å²) in [4.78, 5) is 0. The van der Waals surface area contributed by atoms with E-state index in [0.29, 0.717) is 0 Å². The third-order valence-corrected chi connectivity index (χ3v) is 1.49. The van der Waals surface area contributed by atoms with E-state index in [1.807, 2.05) is 6.07 Å². The van der Waals surface area contributed by atoms with Gasteiger partial charge in [0, 0.05) is 0 Å². The molecule has 0 spiro atoms. The fourth-order valence-corrected chi connectivity index (χ4v) is 1.14. The molecule has 0 heterocycles. The van der Waals surface area contributed by atoms with Gasteiger partial charge in [-0.3, -0.25) is 9.11 Å². The van der Waals surface area contributed by atoms with E-state index in [2.05, 4.69) is 33.7 Å². The molecule has 4 nitrogen and oxygen atoms in total. The van der Waals surface area contributed by atoms with Gasteiger partial charge in [0.05, 0.1) is 0 Å². The molecule has 0 bridgehead atoms. The first-order chi connectivity index (χ1) is 6.43. The normalized spacial score (nSPS) is 10.9. The van der Waals surface area contributed by atoms with Crippen molar-refractivity contribution in [3.8, 4) is 0 Å². The Hall–Kier alpha value is -0.170. The van der Waals surface area contributed by atoms with E-state index in [4.69, 9.17) is 17.5 Å². The maximum absolute atomic E-state index is 8.74. The van der Waals surface area contributed by atoms with Crippen LogP contribution < -0.4 is 0 Å². The van der Waals surface area contributed by atoms with Gasteiger partial charge in [-0.25, -0.2) is 0 Å². The second-order valence-corrected chi connectivity index (χ2v) is 3.92. The van der Waals surface area contributed by atoms with E-state index in [0.717, 1.165) is 27.9 Å². The Morgan fingerprint density at radius 3 is 1.93 bits per heavy atom. The van der Waals surface area contributed by atoms with Crippen molar-refractivity contribution >= 4 is 44.4 Å². The van der Waals surface area contributed by atoms with Crippen molar-refractivity contribution in [3.05, 3.63) is 39.2 Å². The van der Waals surface area contributed by atoms with Gasteiger partial charge < -0.3 is 0 Å². The molecule has 0 saturated carbocycles. The minimum absolute atomic E-state index is 1.14. The molecule has 1 rings (SSSR count). The van der Waals surface area contributed by atoms with Crippen LogP contribution in [0.15, 0.2) is 33.7 Å². The Labute approximate surface area is 101 Å². The van der Waals surface area contributed by atoms with Gasteiger partial charge in [-0.1, -0.05) is 0 Å². The Bertz CT molecular complexity index is 364. The second kappa shape index (κ2) is 7.17. The first kappa shape index (κ1) is 13.8. The molecule has 0 amide bonds. The molecule has 0 aliphatic heterocycles. The molecule has 0 aromatic heterocycles. The van der Waals surface area contributed by atoms with Crippen LogP contribution in [0.4, 0.5) is 0 Å². The van der Waals surface area contributed by atoms with Crippen LogP contribution in [0.3, 0.4) is 0 Å². The number of benzene rings is 1. The van der Waals surface area contributed by atoms with Crippen molar-refractivity contribution in [3.63, 3.8) is 0 Å². The Kier molecular flexibility index (Phi) is 7.08. The second-order valence-electron chi connectivity index (χ2n) is 2.36. The number of hydrogen-bond acceptors (Lipinski definition) is 2. The fourth-order valence-electron chi connectivity index (χ4n) is 0.757. The number of rotatable bonds is 1. The summed E-state index contributed by atoms with van der Waals surface area (Å²) in [5.41, 5.74) is 1.30. The summed E-state index contributed by atoms with van der Waals surface area (Å²) in [6, 6.07) is 10.3. The van der Waals surface area contributed by atoms with Gasteiger partial charge >= 0.3 is 83.6 Å². The molecule has 1 aromatic rings. The third kappa shape index (κ3) is 11.8. The van der Waals surface area contributed by atoms with Crippen molar-refractivity contribution < 1.29 is 17.5 Å². The summed E-state index contributed by atoms with van der Waals surface area (Å²) in [6.45, 7) is 0. The molecule has 0 saturated heterocycles. The summed E-state index contributed by atoms with van der Waals surface area (Å²) in [5, 5.41) is 0. The summed E-state index contributed by atoms with van der Waals surface area (Å²) in [6.07, 6.45) is 2.15. The molecule has 14 heavy (non-hydrogen) atoms. The van der Waals surface area contributed by atoms with E-state index in [-0.39, 0.29) is 0 Å². The quantitative estimate of drug-likeness (QED) is 0.554. The Morgan fingerprint density at radius 1 is 1.14 bits per heavy atom. The van der Waals surface area contributed by atoms with E-state index >= 15 is 0 Å². The summed E-state index contributed by atoms with van der Waals surface area (Å²) >= 11 is 1.14. The Balaban J connectivity index is 0.000000292. The van der Waals surface area contributed by atoms with Crippen LogP contribution in [0.1, 0.15) is 5.56 Å². The first-order valence-electron chi connectivity index (χ1n) is 3.81. The molecule has 0 fully saturated rings. The van der Waals surface area contributed by atoms with Gasteiger partial charge in [0.25, 0.3) is 0 Å². The predicted octanol–water partition coefficient (Wildman–Crippen LogP) is 1.17. The van der Waals surface area contributed by atoms with Gasteiger partial charge in [-0.15, -0.1) is 0 Å². The van der Waals surface area contributed by atoms with Gasteiger partial charge in [-0.2, -0.15) is 8.42 Å². The van der Waals surface area contributed by atoms with Crippen LogP contribution in [0, 0.1) is 0 Å². The van der Waals surface area contributed by atoms with Crippen LogP contribution in [0.25, 0.3) is 6.08 Å². The van der Waals surface area contributed by atoms with Crippen LogP contribution in [-0.2, 0) is 10.4 Å². The molecular formula is C8H9NaO4S.